The van der Waals surface area contributed by atoms with Crippen molar-refractivity contribution in [1.29, 1.82) is 0 Å². The zero-order valence-corrected chi connectivity index (χ0v) is 13.3. The van der Waals surface area contributed by atoms with Gasteiger partial charge < -0.3 is 0 Å². The van der Waals surface area contributed by atoms with Crippen molar-refractivity contribution in [3.05, 3.63) is 0 Å². The van der Waals surface area contributed by atoms with Gasteiger partial charge in [0.05, 0.1) is 0 Å². The lowest BCUT2D eigenvalue weighted by atomic mass is 9.95. The molecule has 0 aromatic heterocycles. The van der Waals surface area contributed by atoms with E-state index in [1.807, 2.05) is 0 Å². The molecule has 0 amide bonds. The molecule has 1 nitrogen and oxygen atoms in total. The van der Waals surface area contributed by atoms with Crippen molar-refractivity contribution in [3.63, 3.8) is 0 Å². The Hall–Kier alpha value is 0.0200. The lowest BCUT2D eigenvalue weighted by Crippen LogP contribution is -2.09. The fraction of sp³-hybridized carbons (Fsp3) is 0.938. The fourth-order valence-electron chi connectivity index (χ4n) is 2.38. The van der Waals surface area contributed by atoms with E-state index in [0.29, 0.717) is 0 Å². The first-order valence-corrected chi connectivity index (χ1v) is 8.39. The molecule has 0 aromatic rings. The number of hydrogen-bond acceptors (Lipinski definition) is 1. The number of carbonyl (C=O) groups excluding carboxylic acids is 1. The van der Waals surface area contributed by atoms with E-state index in [0.717, 1.165) is 12.8 Å². The van der Waals surface area contributed by atoms with Gasteiger partial charge in [-0.05, 0) is 12.8 Å². The van der Waals surface area contributed by atoms with Crippen molar-refractivity contribution in [2.24, 2.45) is 5.92 Å². The van der Waals surface area contributed by atoms with Crippen molar-refractivity contribution >= 4 is 17.7 Å². The zero-order chi connectivity index (χ0) is 13.6. The smallest absolute Gasteiger partial charge is 0.188 e. The summed E-state index contributed by atoms with van der Waals surface area (Å²) in [5.41, 5.74) is 0. The third-order valence-electron chi connectivity index (χ3n) is 3.66. The molecule has 0 bridgehead atoms. The van der Waals surface area contributed by atoms with Gasteiger partial charge in [-0.3, -0.25) is 4.79 Å². The molecule has 0 spiro atoms. The van der Waals surface area contributed by atoms with Gasteiger partial charge in [-0.15, -0.1) is 12.6 Å². The summed E-state index contributed by atoms with van der Waals surface area (Å²) >= 11 is 4.04. The Bertz CT molecular complexity index is 192. The predicted molar refractivity (Wildman–Crippen MR) is 84.2 cm³/mol. The van der Waals surface area contributed by atoms with Crippen LogP contribution in [0.25, 0.3) is 0 Å². The second kappa shape index (κ2) is 13.5. The number of hydrogen-bond donors (Lipinski definition) is 1. The molecule has 0 aliphatic carbocycles. The molecule has 0 fully saturated rings. The number of rotatable bonds is 13. The normalized spacial score (nSPS) is 12.6. The first-order chi connectivity index (χ1) is 8.72. The fourth-order valence-corrected chi connectivity index (χ4v) is 2.64. The van der Waals surface area contributed by atoms with Gasteiger partial charge >= 0.3 is 0 Å². The number of carbonyl (C=O) groups is 1. The van der Waals surface area contributed by atoms with Gasteiger partial charge in [0, 0.05) is 5.92 Å². The quantitative estimate of drug-likeness (QED) is 0.332. The standard InChI is InChI=1S/C16H32OS/c1-3-5-7-9-10-12-14-15(16(17)18)13-11-8-6-4-2/h15H,3-14H2,1-2H3,(H,17,18)/t15-/m1/s1. The summed E-state index contributed by atoms with van der Waals surface area (Å²) in [6.45, 7) is 4.46. The van der Waals surface area contributed by atoms with Crippen LogP contribution < -0.4 is 0 Å². The Morgan fingerprint density at radius 3 is 1.61 bits per heavy atom. The van der Waals surface area contributed by atoms with Crippen LogP contribution in [-0.4, -0.2) is 5.12 Å². The summed E-state index contributed by atoms with van der Waals surface area (Å²) in [4.78, 5) is 11.4. The van der Waals surface area contributed by atoms with Crippen LogP contribution in [0, 0.1) is 5.92 Å². The Morgan fingerprint density at radius 1 is 0.778 bits per heavy atom. The molecule has 0 saturated heterocycles. The van der Waals surface area contributed by atoms with Gasteiger partial charge in [-0.2, -0.15) is 0 Å². The summed E-state index contributed by atoms with van der Waals surface area (Å²) in [7, 11) is 0. The van der Waals surface area contributed by atoms with E-state index >= 15 is 0 Å². The minimum atomic E-state index is 0.111. The Kier molecular flexibility index (Phi) is 13.5. The minimum absolute atomic E-state index is 0.111. The van der Waals surface area contributed by atoms with Crippen LogP contribution in [0.2, 0.25) is 0 Å². The SMILES string of the molecule is CCCCCCCC[C@@H](CCCCCC)C(=O)S. The highest BCUT2D eigenvalue weighted by molar-refractivity contribution is 7.96. The summed E-state index contributed by atoms with van der Waals surface area (Å²) in [6.07, 6.45) is 15.0. The Labute approximate surface area is 120 Å². The van der Waals surface area contributed by atoms with Gasteiger partial charge in [0.2, 0.25) is 0 Å². The van der Waals surface area contributed by atoms with Crippen LogP contribution in [0.15, 0.2) is 0 Å². The molecule has 0 radical (unpaired) electrons. The number of unbranched alkanes of at least 4 members (excludes halogenated alkanes) is 8. The van der Waals surface area contributed by atoms with Crippen LogP contribution in [0.1, 0.15) is 90.9 Å². The highest BCUT2D eigenvalue weighted by Crippen LogP contribution is 2.20. The lowest BCUT2D eigenvalue weighted by Gasteiger charge is -2.12. The minimum Gasteiger partial charge on any atom is -0.287 e. The second-order valence-electron chi connectivity index (χ2n) is 5.44. The molecular weight excluding hydrogens is 240 g/mol. The van der Waals surface area contributed by atoms with Gasteiger partial charge in [-0.25, -0.2) is 0 Å². The van der Waals surface area contributed by atoms with E-state index in [1.54, 1.807) is 0 Å². The Balaban J connectivity index is 3.54. The van der Waals surface area contributed by atoms with Gasteiger partial charge in [0.25, 0.3) is 0 Å². The van der Waals surface area contributed by atoms with Gasteiger partial charge in [0.15, 0.2) is 5.12 Å². The van der Waals surface area contributed by atoms with E-state index in [9.17, 15) is 4.79 Å². The van der Waals surface area contributed by atoms with Crippen molar-refractivity contribution in [2.45, 2.75) is 90.9 Å². The molecule has 0 unspecified atom stereocenters. The molecule has 0 rings (SSSR count). The Morgan fingerprint density at radius 2 is 1.17 bits per heavy atom. The van der Waals surface area contributed by atoms with Crippen molar-refractivity contribution in [3.8, 4) is 0 Å². The van der Waals surface area contributed by atoms with E-state index in [4.69, 9.17) is 0 Å². The largest absolute Gasteiger partial charge is 0.287 e. The van der Waals surface area contributed by atoms with Gasteiger partial charge in [0.1, 0.15) is 0 Å². The zero-order valence-electron chi connectivity index (χ0n) is 12.4. The molecule has 1 atom stereocenters. The maximum Gasteiger partial charge on any atom is 0.188 e. The van der Waals surface area contributed by atoms with Crippen LogP contribution in [0.5, 0.6) is 0 Å². The summed E-state index contributed by atoms with van der Waals surface area (Å²) in [5, 5.41) is 0.111. The van der Waals surface area contributed by atoms with Crippen LogP contribution in [0.4, 0.5) is 0 Å². The van der Waals surface area contributed by atoms with Crippen LogP contribution in [0.3, 0.4) is 0 Å². The van der Waals surface area contributed by atoms with Crippen molar-refractivity contribution in [1.82, 2.24) is 0 Å². The van der Waals surface area contributed by atoms with E-state index in [1.165, 1.54) is 64.2 Å². The predicted octanol–water partition coefficient (Wildman–Crippen LogP) is 5.78. The summed E-state index contributed by atoms with van der Waals surface area (Å²) < 4.78 is 0. The molecule has 0 aromatic carbocycles. The van der Waals surface area contributed by atoms with Gasteiger partial charge in [-0.1, -0.05) is 78.1 Å². The first kappa shape index (κ1) is 18.0. The molecule has 0 heterocycles. The molecule has 108 valence electrons. The third kappa shape index (κ3) is 11.1. The summed E-state index contributed by atoms with van der Waals surface area (Å²) in [6, 6.07) is 0. The van der Waals surface area contributed by atoms with E-state index in [-0.39, 0.29) is 11.0 Å². The van der Waals surface area contributed by atoms with Crippen LogP contribution in [-0.2, 0) is 4.79 Å². The van der Waals surface area contributed by atoms with Crippen molar-refractivity contribution in [2.75, 3.05) is 0 Å². The first-order valence-electron chi connectivity index (χ1n) is 7.95. The van der Waals surface area contributed by atoms with E-state index in [2.05, 4.69) is 26.5 Å². The lowest BCUT2D eigenvalue weighted by molar-refractivity contribution is -0.114. The maximum atomic E-state index is 11.4. The highest BCUT2D eigenvalue weighted by atomic mass is 32.1. The molecule has 0 aliphatic heterocycles. The monoisotopic (exact) mass is 272 g/mol. The molecule has 0 N–H and O–H groups in total. The average Bonchev–Trinajstić information content (AvgIpc) is 2.35. The maximum absolute atomic E-state index is 11.4. The molecule has 0 saturated carbocycles. The molecular formula is C16H32OS. The molecule has 2 heteroatoms. The van der Waals surface area contributed by atoms with Crippen LogP contribution >= 0.6 is 12.6 Å². The van der Waals surface area contributed by atoms with Crippen molar-refractivity contribution < 1.29 is 4.79 Å². The highest BCUT2D eigenvalue weighted by Gasteiger charge is 2.13. The number of thiol groups is 1. The second-order valence-corrected chi connectivity index (χ2v) is 5.88. The molecule has 0 aliphatic rings. The third-order valence-corrected chi connectivity index (χ3v) is 4.03. The molecule has 18 heavy (non-hydrogen) atoms. The summed E-state index contributed by atoms with van der Waals surface area (Å²) in [5.74, 6) is 0.219. The topological polar surface area (TPSA) is 17.1 Å². The van der Waals surface area contributed by atoms with E-state index < -0.39 is 0 Å². The average molecular weight is 272 g/mol.